The van der Waals surface area contributed by atoms with Gasteiger partial charge in [0.25, 0.3) is 7.44 Å². The zero-order valence-corrected chi connectivity index (χ0v) is 9.58. The lowest BCUT2D eigenvalue weighted by molar-refractivity contribution is -0.137. The minimum absolute atomic E-state index is 0.166. The summed E-state index contributed by atoms with van der Waals surface area (Å²) in [5.41, 5.74) is 0. The average molecular weight is 218 g/mol. The summed E-state index contributed by atoms with van der Waals surface area (Å²) in [6.07, 6.45) is 0.894. The van der Waals surface area contributed by atoms with E-state index < -0.39 is 7.44 Å². The molecule has 0 radical (unpaired) electrons. The van der Waals surface area contributed by atoms with E-state index in [-0.39, 0.29) is 18.2 Å². The van der Waals surface area contributed by atoms with E-state index in [4.69, 9.17) is 0 Å². The SMILES string of the molecule is CCCP1(=O)N(C)C(=O)CC(=O)N1C. The lowest BCUT2D eigenvalue weighted by Gasteiger charge is -2.38. The first-order chi connectivity index (χ1) is 6.43. The third kappa shape index (κ3) is 1.57. The highest BCUT2D eigenvalue weighted by molar-refractivity contribution is 7.60. The van der Waals surface area contributed by atoms with Gasteiger partial charge in [-0.05, 0) is 6.42 Å². The molecule has 2 amide bonds. The number of carbonyl (C=O) groups excluding carboxylic acids is 2. The van der Waals surface area contributed by atoms with Crippen molar-refractivity contribution in [2.75, 3.05) is 20.3 Å². The predicted molar refractivity (Wildman–Crippen MR) is 52.9 cm³/mol. The van der Waals surface area contributed by atoms with Gasteiger partial charge >= 0.3 is 0 Å². The molecule has 0 unspecified atom stereocenters. The molecule has 5 nitrogen and oxygen atoms in total. The third-order valence-electron chi connectivity index (χ3n) is 2.48. The molecule has 0 bridgehead atoms. The second-order valence-corrected chi connectivity index (χ2v) is 6.38. The highest BCUT2D eigenvalue weighted by atomic mass is 31.2. The summed E-state index contributed by atoms with van der Waals surface area (Å²) in [7, 11) is 0.0632. The minimum Gasteiger partial charge on any atom is -0.279 e. The van der Waals surface area contributed by atoms with Gasteiger partial charge in [0.2, 0.25) is 11.8 Å². The van der Waals surface area contributed by atoms with Crippen molar-refractivity contribution in [3.05, 3.63) is 0 Å². The van der Waals surface area contributed by atoms with E-state index in [1.54, 1.807) is 0 Å². The molecular formula is C8H15N2O3P. The highest BCUT2D eigenvalue weighted by Gasteiger charge is 2.42. The van der Waals surface area contributed by atoms with Crippen LogP contribution in [0.25, 0.3) is 0 Å². The Morgan fingerprint density at radius 3 is 2.00 bits per heavy atom. The first-order valence-corrected chi connectivity index (χ1v) is 6.36. The van der Waals surface area contributed by atoms with Gasteiger partial charge in [-0.15, -0.1) is 0 Å². The molecule has 1 saturated heterocycles. The highest BCUT2D eigenvalue weighted by Crippen LogP contribution is 2.54. The van der Waals surface area contributed by atoms with Crippen LogP contribution in [0.15, 0.2) is 0 Å². The van der Waals surface area contributed by atoms with Crippen LogP contribution in [-0.2, 0) is 14.2 Å². The number of hydrogen-bond acceptors (Lipinski definition) is 3. The van der Waals surface area contributed by atoms with E-state index in [1.165, 1.54) is 23.4 Å². The van der Waals surface area contributed by atoms with Crippen LogP contribution in [0.5, 0.6) is 0 Å². The zero-order chi connectivity index (χ0) is 10.9. The fourth-order valence-corrected chi connectivity index (χ4v) is 3.92. The largest absolute Gasteiger partial charge is 0.279 e. The predicted octanol–water partition coefficient (Wildman–Crippen LogP) is 0.910. The maximum absolute atomic E-state index is 12.3. The second kappa shape index (κ2) is 3.73. The maximum Gasteiger partial charge on any atom is 0.266 e. The number of nitrogens with zero attached hydrogens (tertiary/aromatic N) is 2. The van der Waals surface area contributed by atoms with Crippen molar-refractivity contribution in [2.24, 2.45) is 0 Å². The molecule has 1 aliphatic rings. The summed E-state index contributed by atoms with van der Waals surface area (Å²) >= 11 is 0. The van der Waals surface area contributed by atoms with Crippen molar-refractivity contribution in [3.63, 3.8) is 0 Å². The second-order valence-electron chi connectivity index (χ2n) is 3.40. The average Bonchev–Trinajstić information content (AvgIpc) is 2.13. The topological polar surface area (TPSA) is 57.7 Å². The molecule has 0 saturated carbocycles. The van der Waals surface area contributed by atoms with Crippen LogP contribution in [0, 0.1) is 0 Å². The van der Waals surface area contributed by atoms with E-state index in [1.807, 2.05) is 6.92 Å². The summed E-state index contributed by atoms with van der Waals surface area (Å²) in [6.45, 7) is 1.88. The lowest BCUT2D eigenvalue weighted by atomic mass is 10.4. The van der Waals surface area contributed by atoms with Crippen LogP contribution in [0.1, 0.15) is 19.8 Å². The normalized spacial score (nSPS) is 21.6. The van der Waals surface area contributed by atoms with Gasteiger partial charge in [-0.2, -0.15) is 0 Å². The van der Waals surface area contributed by atoms with Gasteiger partial charge in [-0.3, -0.25) is 23.5 Å². The number of rotatable bonds is 2. The Balaban J connectivity index is 3.04. The molecule has 1 heterocycles. The summed E-state index contributed by atoms with van der Waals surface area (Å²) in [4.78, 5) is 22.7. The van der Waals surface area contributed by atoms with Crippen LogP contribution in [0.3, 0.4) is 0 Å². The molecule has 0 aliphatic carbocycles. The molecule has 0 aromatic carbocycles. The van der Waals surface area contributed by atoms with Gasteiger partial charge in [0.15, 0.2) is 0 Å². The minimum atomic E-state index is -2.94. The standard InChI is InChI=1S/C8H15N2O3P/c1-4-5-14(13)9(2)7(11)6-8(12)10(14)3/h4-6H2,1-3H3. The van der Waals surface area contributed by atoms with Gasteiger partial charge in [-0.1, -0.05) is 6.92 Å². The fourth-order valence-electron chi connectivity index (χ4n) is 1.50. The van der Waals surface area contributed by atoms with Gasteiger partial charge in [-0.25, -0.2) is 0 Å². The van der Waals surface area contributed by atoms with Crippen molar-refractivity contribution in [3.8, 4) is 0 Å². The number of amides is 2. The smallest absolute Gasteiger partial charge is 0.266 e. The molecule has 6 heteroatoms. The molecule has 0 aromatic rings. The fraction of sp³-hybridized carbons (Fsp3) is 0.750. The summed E-state index contributed by atoms with van der Waals surface area (Å²) in [5.74, 6) is -0.685. The molecular weight excluding hydrogens is 203 g/mol. The van der Waals surface area contributed by atoms with E-state index in [9.17, 15) is 14.2 Å². The molecule has 1 aliphatic heterocycles. The molecule has 80 valence electrons. The van der Waals surface area contributed by atoms with Crippen LogP contribution in [0.2, 0.25) is 0 Å². The van der Waals surface area contributed by atoms with Gasteiger partial charge in [0.1, 0.15) is 6.42 Å². The Kier molecular flexibility index (Phi) is 3.00. The molecule has 14 heavy (non-hydrogen) atoms. The van der Waals surface area contributed by atoms with E-state index in [2.05, 4.69) is 0 Å². The van der Waals surface area contributed by atoms with Crippen LogP contribution in [-0.4, -0.2) is 41.4 Å². The summed E-state index contributed by atoms with van der Waals surface area (Å²) < 4.78 is 14.8. The molecule has 0 atom stereocenters. The van der Waals surface area contributed by atoms with Crippen molar-refractivity contribution in [2.45, 2.75) is 19.8 Å². The first-order valence-electron chi connectivity index (χ1n) is 4.56. The van der Waals surface area contributed by atoms with Crippen LogP contribution >= 0.6 is 7.44 Å². The van der Waals surface area contributed by atoms with Crippen LogP contribution < -0.4 is 0 Å². The summed E-state index contributed by atoms with van der Waals surface area (Å²) in [5, 5.41) is 0. The monoisotopic (exact) mass is 218 g/mol. The molecule has 1 rings (SSSR count). The Bertz CT molecular complexity index is 292. The Morgan fingerprint density at radius 2 is 1.64 bits per heavy atom. The zero-order valence-electron chi connectivity index (χ0n) is 8.69. The Hall–Kier alpha value is -0.830. The number of carbonyl (C=O) groups is 2. The van der Waals surface area contributed by atoms with Crippen molar-refractivity contribution >= 4 is 19.3 Å². The Labute approximate surface area is 83.5 Å². The van der Waals surface area contributed by atoms with E-state index in [0.717, 1.165) is 0 Å². The van der Waals surface area contributed by atoms with Gasteiger partial charge in [0, 0.05) is 20.3 Å². The van der Waals surface area contributed by atoms with Gasteiger partial charge in [0.05, 0.1) is 0 Å². The van der Waals surface area contributed by atoms with E-state index in [0.29, 0.717) is 12.6 Å². The van der Waals surface area contributed by atoms with Crippen molar-refractivity contribution in [1.29, 1.82) is 0 Å². The van der Waals surface area contributed by atoms with E-state index >= 15 is 0 Å². The molecule has 0 N–H and O–H groups in total. The third-order valence-corrected chi connectivity index (χ3v) is 5.83. The lowest BCUT2D eigenvalue weighted by Crippen LogP contribution is -2.43. The maximum atomic E-state index is 12.3. The number of hydrogen-bond donors (Lipinski definition) is 0. The first kappa shape index (κ1) is 11.2. The quantitative estimate of drug-likeness (QED) is 0.511. The molecule has 0 spiro atoms. The van der Waals surface area contributed by atoms with Crippen molar-refractivity contribution < 1.29 is 14.2 Å². The van der Waals surface area contributed by atoms with Crippen molar-refractivity contribution in [1.82, 2.24) is 9.34 Å². The van der Waals surface area contributed by atoms with Crippen LogP contribution in [0.4, 0.5) is 0 Å². The molecule has 1 fully saturated rings. The summed E-state index contributed by atoms with van der Waals surface area (Å²) in [6, 6.07) is 0. The Morgan fingerprint density at radius 1 is 1.21 bits per heavy atom. The molecule has 0 aromatic heterocycles. The van der Waals surface area contributed by atoms with Gasteiger partial charge < -0.3 is 0 Å².